The summed E-state index contributed by atoms with van der Waals surface area (Å²) < 4.78 is 6.52. The Bertz CT molecular complexity index is 2850. The molecule has 0 N–H and O–H groups in total. The monoisotopic (exact) mass is 653 g/mol. The van der Waals surface area contributed by atoms with Gasteiger partial charge in [-0.1, -0.05) is 133 Å². The van der Waals surface area contributed by atoms with Crippen LogP contribution in [0.2, 0.25) is 0 Å². The van der Waals surface area contributed by atoms with E-state index in [1.54, 1.807) is 0 Å². The molecule has 1 unspecified atom stereocenters. The highest BCUT2D eigenvalue weighted by Crippen LogP contribution is 2.40. The van der Waals surface area contributed by atoms with Gasteiger partial charge in [0, 0.05) is 27.8 Å². The van der Waals surface area contributed by atoms with E-state index in [0.717, 1.165) is 61.8 Å². The number of benzene rings is 7. The Morgan fingerprint density at radius 3 is 1.96 bits per heavy atom. The smallest absolute Gasteiger partial charge is 0.164 e. The zero-order chi connectivity index (χ0) is 33.7. The highest BCUT2D eigenvalue weighted by atomic mass is 16.3. The molecule has 7 aromatic carbocycles. The Labute approximate surface area is 295 Å². The van der Waals surface area contributed by atoms with Crippen molar-refractivity contribution in [2.45, 2.75) is 12.3 Å². The summed E-state index contributed by atoms with van der Waals surface area (Å²) in [6.45, 7) is 0. The molecule has 1 atom stereocenters. The van der Waals surface area contributed by atoms with Gasteiger partial charge in [0.05, 0.1) is 0 Å². The summed E-state index contributed by atoms with van der Waals surface area (Å²) in [7, 11) is 0. The third-order valence-corrected chi connectivity index (χ3v) is 9.97. The average Bonchev–Trinajstić information content (AvgIpc) is 3.59. The summed E-state index contributed by atoms with van der Waals surface area (Å²) in [5.41, 5.74) is 8.07. The lowest BCUT2D eigenvalue weighted by atomic mass is 9.96. The van der Waals surface area contributed by atoms with Gasteiger partial charge < -0.3 is 4.42 Å². The van der Waals surface area contributed by atoms with Crippen molar-refractivity contribution >= 4 is 43.5 Å². The first-order chi connectivity index (χ1) is 25.2. The van der Waals surface area contributed by atoms with Crippen LogP contribution in [0.25, 0.3) is 88.5 Å². The summed E-state index contributed by atoms with van der Waals surface area (Å²) in [5, 5.41) is 6.75. The van der Waals surface area contributed by atoms with E-state index in [4.69, 9.17) is 19.4 Å². The highest BCUT2D eigenvalue weighted by molar-refractivity contribution is 6.13. The first-order valence-corrected chi connectivity index (χ1v) is 17.4. The van der Waals surface area contributed by atoms with Gasteiger partial charge in [-0.05, 0) is 86.6 Å². The number of aromatic nitrogens is 3. The number of furan rings is 1. The second kappa shape index (κ2) is 12.0. The zero-order valence-electron chi connectivity index (χ0n) is 27.7. The van der Waals surface area contributed by atoms with Crippen molar-refractivity contribution in [3.05, 3.63) is 176 Å². The van der Waals surface area contributed by atoms with Crippen LogP contribution >= 0.6 is 0 Å². The summed E-state index contributed by atoms with van der Waals surface area (Å²) >= 11 is 0. The largest absolute Gasteiger partial charge is 0.456 e. The minimum atomic E-state index is 0.0460. The first kappa shape index (κ1) is 29.3. The molecular formula is C47H31N3O. The topological polar surface area (TPSA) is 51.8 Å². The van der Waals surface area contributed by atoms with Crippen molar-refractivity contribution in [3.8, 4) is 45.0 Å². The molecule has 0 saturated heterocycles. The molecule has 51 heavy (non-hydrogen) atoms. The summed E-state index contributed by atoms with van der Waals surface area (Å²) in [5.74, 6) is 2.09. The van der Waals surface area contributed by atoms with Gasteiger partial charge in [0.2, 0.25) is 0 Å². The van der Waals surface area contributed by atoms with Crippen LogP contribution in [0, 0.1) is 0 Å². The van der Waals surface area contributed by atoms with E-state index < -0.39 is 0 Å². The molecule has 2 aromatic heterocycles. The van der Waals surface area contributed by atoms with Crippen LogP contribution in [-0.2, 0) is 0 Å². The van der Waals surface area contributed by atoms with Gasteiger partial charge in [-0.3, -0.25) is 0 Å². The van der Waals surface area contributed by atoms with Crippen LogP contribution < -0.4 is 0 Å². The first-order valence-electron chi connectivity index (χ1n) is 17.4. The summed E-state index contributed by atoms with van der Waals surface area (Å²) in [4.78, 5) is 15.6. The molecule has 10 rings (SSSR count). The van der Waals surface area contributed by atoms with E-state index in [9.17, 15) is 0 Å². The zero-order valence-corrected chi connectivity index (χ0v) is 27.7. The fraction of sp³-hybridized carbons (Fsp3) is 0.0426. The molecule has 0 amide bonds. The van der Waals surface area contributed by atoms with E-state index in [-0.39, 0.29) is 5.92 Å². The van der Waals surface area contributed by atoms with Crippen molar-refractivity contribution in [1.82, 2.24) is 15.0 Å². The molecule has 4 heteroatoms. The second-order valence-electron chi connectivity index (χ2n) is 13.2. The Morgan fingerprint density at radius 2 is 1.14 bits per heavy atom. The predicted molar refractivity (Wildman–Crippen MR) is 209 cm³/mol. The quantitative estimate of drug-likeness (QED) is 0.185. The molecule has 1 aliphatic rings. The van der Waals surface area contributed by atoms with Gasteiger partial charge in [0.25, 0.3) is 0 Å². The predicted octanol–water partition coefficient (Wildman–Crippen LogP) is 12.3. The second-order valence-corrected chi connectivity index (χ2v) is 13.2. The number of rotatable bonds is 5. The number of para-hydroxylation sites is 1. The molecule has 1 aliphatic carbocycles. The number of hydrogen-bond donors (Lipinski definition) is 0. The van der Waals surface area contributed by atoms with Crippen molar-refractivity contribution in [1.29, 1.82) is 0 Å². The van der Waals surface area contributed by atoms with Crippen LogP contribution in [-0.4, -0.2) is 15.0 Å². The maximum atomic E-state index is 6.52. The van der Waals surface area contributed by atoms with Crippen LogP contribution in [0.4, 0.5) is 0 Å². The molecule has 0 spiro atoms. The summed E-state index contributed by atoms with van der Waals surface area (Å²) in [6.07, 6.45) is 9.36. The number of nitrogens with zero attached hydrogens (tertiary/aromatic N) is 3. The maximum absolute atomic E-state index is 6.52. The van der Waals surface area contributed by atoms with E-state index in [1.165, 1.54) is 27.3 Å². The molecule has 0 saturated carbocycles. The fourth-order valence-electron chi connectivity index (χ4n) is 7.34. The Balaban J connectivity index is 1.18. The maximum Gasteiger partial charge on any atom is 0.164 e. The van der Waals surface area contributed by atoms with Crippen molar-refractivity contribution in [2.24, 2.45) is 0 Å². The van der Waals surface area contributed by atoms with Gasteiger partial charge in [0.15, 0.2) is 11.6 Å². The Kier molecular flexibility index (Phi) is 6.91. The van der Waals surface area contributed by atoms with Gasteiger partial charge >= 0.3 is 0 Å². The van der Waals surface area contributed by atoms with Gasteiger partial charge in [-0.15, -0.1) is 0 Å². The van der Waals surface area contributed by atoms with Crippen LogP contribution in [0.3, 0.4) is 0 Å². The molecule has 240 valence electrons. The van der Waals surface area contributed by atoms with Gasteiger partial charge in [-0.2, -0.15) is 0 Å². The minimum Gasteiger partial charge on any atom is -0.456 e. The fourth-order valence-corrected chi connectivity index (χ4v) is 7.34. The number of fused-ring (bicyclic) bond motifs is 5. The third kappa shape index (κ3) is 5.29. The normalized spacial score (nSPS) is 14.2. The lowest BCUT2D eigenvalue weighted by Crippen LogP contribution is -2.08. The van der Waals surface area contributed by atoms with E-state index in [1.807, 2.05) is 18.2 Å². The lowest BCUT2D eigenvalue weighted by molar-refractivity contribution is 0.669. The third-order valence-electron chi connectivity index (χ3n) is 9.97. The molecule has 0 bridgehead atoms. The van der Waals surface area contributed by atoms with Crippen molar-refractivity contribution < 1.29 is 4.42 Å². The lowest BCUT2D eigenvalue weighted by Gasteiger charge is -2.15. The van der Waals surface area contributed by atoms with E-state index in [0.29, 0.717) is 11.6 Å². The minimum absolute atomic E-state index is 0.0460. The summed E-state index contributed by atoms with van der Waals surface area (Å²) in [6, 6.07) is 51.2. The van der Waals surface area contributed by atoms with Gasteiger partial charge in [-0.25, -0.2) is 15.0 Å². The van der Waals surface area contributed by atoms with Crippen LogP contribution in [0.5, 0.6) is 0 Å². The van der Waals surface area contributed by atoms with E-state index in [2.05, 4.69) is 152 Å². The molecule has 0 fully saturated rings. The number of allylic oxidation sites excluding steroid dienone is 4. The average molecular weight is 654 g/mol. The molecule has 0 radical (unpaired) electrons. The van der Waals surface area contributed by atoms with E-state index >= 15 is 0 Å². The molecular weight excluding hydrogens is 623 g/mol. The molecule has 9 aromatic rings. The molecule has 4 nitrogen and oxygen atoms in total. The SMILES string of the molecule is C1=CCC(c2nc(-c3ccc4cc(-c5ccccc5)ccc4c3)nc(-c3cc(-c4ccc5ccccc5c4)cc4oc5ccccc5c34)n2)C=C1. The number of hydrogen-bond acceptors (Lipinski definition) is 4. The Hall–Kier alpha value is -6.65. The molecule has 2 heterocycles. The van der Waals surface area contributed by atoms with Gasteiger partial charge in [0.1, 0.15) is 17.0 Å². The Morgan fingerprint density at radius 1 is 0.471 bits per heavy atom. The molecule has 0 aliphatic heterocycles. The highest BCUT2D eigenvalue weighted by Gasteiger charge is 2.22. The van der Waals surface area contributed by atoms with Crippen molar-refractivity contribution in [2.75, 3.05) is 0 Å². The van der Waals surface area contributed by atoms with Crippen LogP contribution in [0.1, 0.15) is 18.2 Å². The van der Waals surface area contributed by atoms with Crippen molar-refractivity contribution in [3.63, 3.8) is 0 Å². The standard InChI is InChI=1S/C47H31N3O/c1-3-11-30(12-4-1)34-21-22-36-27-38(24-23-35(36)26-34)46-48-45(32-14-5-2-6-15-32)49-47(50-46)41-28-39(37-20-19-31-13-7-8-16-33(31)25-37)29-43-44(41)40-17-9-10-18-42(40)51-43/h1-14,16-29,32H,15H2. The van der Waals surface area contributed by atoms with Crippen LogP contribution in [0.15, 0.2) is 174 Å².